The van der Waals surface area contributed by atoms with Crippen LogP contribution < -0.4 is 10.9 Å². The molecule has 0 radical (unpaired) electrons. The maximum Gasteiger partial charge on any atom is 0.254 e. The van der Waals surface area contributed by atoms with Crippen LogP contribution in [0.1, 0.15) is 10.4 Å². The summed E-state index contributed by atoms with van der Waals surface area (Å²) in [5, 5.41) is 3.84. The van der Waals surface area contributed by atoms with Gasteiger partial charge in [-0.05, 0) is 18.2 Å². The Morgan fingerprint density at radius 1 is 1.07 bits per heavy atom. The number of nitrogens with one attached hydrogen (secondary N) is 1. The number of carbonyl (C=O) groups is 2. The Bertz CT molecular complexity index is 1120. The van der Waals surface area contributed by atoms with Gasteiger partial charge in [0.05, 0.1) is 33.4 Å². The molecule has 3 aromatic rings. The first kappa shape index (κ1) is 19.9. The number of hydrogen-bond acceptors (Lipinski definition) is 3. The largest absolute Gasteiger partial charge is 0.332 e. The monoisotopic (exact) mass is 417 g/mol. The van der Waals surface area contributed by atoms with E-state index in [2.05, 4.69) is 5.32 Å². The van der Waals surface area contributed by atoms with Crippen LogP contribution in [0.25, 0.3) is 10.9 Å². The first-order valence-electron chi connectivity index (χ1n) is 8.37. The lowest BCUT2D eigenvalue weighted by molar-refractivity contribution is -0.116. The van der Waals surface area contributed by atoms with Crippen molar-refractivity contribution in [1.29, 1.82) is 0 Å². The Hall–Kier alpha value is -2.83. The van der Waals surface area contributed by atoms with Gasteiger partial charge in [0, 0.05) is 25.5 Å². The molecule has 28 heavy (non-hydrogen) atoms. The number of aromatic nitrogens is 1. The zero-order valence-electron chi connectivity index (χ0n) is 15.2. The molecule has 0 atom stereocenters. The highest BCUT2D eigenvalue weighted by Crippen LogP contribution is 2.29. The van der Waals surface area contributed by atoms with Gasteiger partial charge in [-0.3, -0.25) is 14.4 Å². The number of para-hydroxylation sites is 2. The molecule has 0 aliphatic rings. The lowest BCUT2D eigenvalue weighted by atomic mass is 10.1. The van der Waals surface area contributed by atoms with Crippen molar-refractivity contribution in [3.8, 4) is 0 Å². The average molecular weight is 418 g/mol. The van der Waals surface area contributed by atoms with Crippen LogP contribution in [-0.2, 0) is 11.8 Å². The molecular weight excluding hydrogens is 401 g/mol. The number of pyridine rings is 1. The highest BCUT2D eigenvalue weighted by Gasteiger charge is 2.20. The van der Waals surface area contributed by atoms with Crippen molar-refractivity contribution in [1.82, 2.24) is 9.47 Å². The van der Waals surface area contributed by atoms with E-state index in [-0.39, 0.29) is 23.4 Å². The number of anilines is 1. The van der Waals surface area contributed by atoms with E-state index in [9.17, 15) is 14.4 Å². The second-order valence-corrected chi connectivity index (χ2v) is 7.09. The lowest BCUT2D eigenvalue weighted by Gasteiger charge is -2.19. The number of carbonyl (C=O) groups excluding carboxylic acids is 2. The number of amides is 2. The summed E-state index contributed by atoms with van der Waals surface area (Å²) in [6, 6.07) is 13.3. The molecule has 1 aromatic heterocycles. The first-order chi connectivity index (χ1) is 13.3. The van der Waals surface area contributed by atoms with E-state index in [1.54, 1.807) is 49.5 Å². The second-order valence-electron chi connectivity index (χ2n) is 6.28. The Balaban J connectivity index is 1.84. The topological polar surface area (TPSA) is 71.4 Å². The van der Waals surface area contributed by atoms with Gasteiger partial charge in [0.2, 0.25) is 5.91 Å². The number of likely N-dealkylation sites (N-methyl/N-ethyl adjacent to an activating group) is 1. The van der Waals surface area contributed by atoms with E-state index in [1.807, 2.05) is 0 Å². The van der Waals surface area contributed by atoms with Crippen molar-refractivity contribution in [2.24, 2.45) is 7.05 Å². The minimum absolute atomic E-state index is 0.232. The van der Waals surface area contributed by atoms with Crippen molar-refractivity contribution in [2.45, 2.75) is 0 Å². The third-order valence-electron chi connectivity index (χ3n) is 4.34. The lowest BCUT2D eigenvalue weighted by Crippen LogP contribution is -2.36. The molecule has 0 saturated carbocycles. The minimum atomic E-state index is -0.459. The van der Waals surface area contributed by atoms with Gasteiger partial charge in [0.25, 0.3) is 11.5 Å². The molecule has 0 unspecified atom stereocenters. The van der Waals surface area contributed by atoms with Crippen molar-refractivity contribution in [3.63, 3.8) is 0 Å². The van der Waals surface area contributed by atoms with Gasteiger partial charge in [-0.1, -0.05) is 47.5 Å². The summed E-state index contributed by atoms with van der Waals surface area (Å²) >= 11 is 12.1. The Morgan fingerprint density at radius 2 is 1.71 bits per heavy atom. The van der Waals surface area contributed by atoms with Crippen molar-refractivity contribution < 1.29 is 9.59 Å². The SMILES string of the molecule is CN(CC(=O)Nc1c(Cl)cccc1Cl)C(=O)c1cc(=O)n(C)c2ccccc12. The fourth-order valence-electron chi connectivity index (χ4n) is 2.88. The normalized spacial score (nSPS) is 10.7. The van der Waals surface area contributed by atoms with Crippen LogP contribution in [0.15, 0.2) is 53.3 Å². The molecule has 6 nitrogen and oxygen atoms in total. The average Bonchev–Trinajstić information content (AvgIpc) is 2.67. The summed E-state index contributed by atoms with van der Waals surface area (Å²) in [5.74, 6) is -0.895. The molecule has 0 aliphatic heterocycles. The number of nitrogens with zero attached hydrogens (tertiary/aromatic N) is 2. The van der Waals surface area contributed by atoms with Gasteiger partial charge < -0.3 is 14.8 Å². The molecule has 0 saturated heterocycles. The second kappa shape index (κ2) is 8.04. The molecule has 2 amide bonds. The van der Waals surface area contributed by atoms with E-state index in [1.165, 1.54) is 22.6 Å². The van der Waals surface area contributed by atoms with E-state index >= 15 is 0 Å². The van der Waals surface area contributed by atoms with E-state index in [4.69, 9.17) is 23.2 Å². The fourth-order valence-corrected chi connectivity index (χ4v) is 3.37. The quantitative estimate of drug-likeness (QED) is 0.705. The third-order valence-corrected chi connectivity index (χ3v) is 4.97. The zero-order valence-corrected chi connectivity index (χ0v) is 16.7. The highest BCUT2D eigenvalue weighted by atomic mass is 35.5. The molecule has 0 spiro atoms. The van der Waals surface area contributed by atoms with Crippen LogP contribution in [0.4, 0.5) is 5.69 Å². The molecule has 0 aliphatic carbocycles. The summed E-state index contributed by atoms with van der Waals surface area (Å²) in [5.41, 5.74) is 0.863. The highest BCUT2D eigenvalue weighted by molar-refractivity contribution is 6.39. The zero-order chi connectivity index (χ0) is 20.4. The van der Waals surface area contributed by atoms with Crippen LogP contribution in [0.2, 0.25) is 10.0 Å². The molecule has 2 aromatic carbocycles. The molecule has 8 heteroatoms. The van der Waals surface area contributed by atoms with Crippen molar-refractivity contribution in [2.75, 3.05) is 18.9 Å². The van der Waals surface area contributed by atoms with E-state index in [0.717, 1.165) is 0 Å². The molecule has 3 rings (SSSR count). The van der Waals surface area contributed by atoms with Crippen LogP contribution in [-0.4, -0.2) is 34.9 Å². The number of halogens is 2. The smallest absolute Gasteiger partial charge is 0.254 e. The van der Waals surface area contributed by atoms with Crippen LogP contribution in [0.3, 0.4) is 0 Å². The first-order valence-corrected chi connectivity index (χ1v) is 9.13. The van der Waals surface area contributed by atoms with Crippen LogP contribution in [0.5, 0.6) is 0 Å². The summed E-state index contributed by atoms with van der Waals surface area (Å²) in [6.45, 7) is -0.232. The number of aryl methyl sites for hydroxylation is 1. The molecular formula is C20H17Cl2N3O3. The predicted octanol–water partition coefficient (Wildman–Crippen LogP) is 3.56. The van der Waals surface area contributed by atoms with Crippen LogP contribution >= 0.6 is 23.2 Å². The van der Waals surface area contributed by atoms with E-state index in [0.29, 0.717) is 20.9 Å². The van der Waals surface area contributed by atoms with Crippen LogP contribution in [0, 0.1) is 0 Å². The maximum absolute atomic E-state index is 12.9. The maximum atomic E-state index is 12.9. The van der Waals surface area contributed by atoms with Crippen molar-refractivity contribution >= 4 is 51.6 Å². The van der Waals surface area contributed by atoms with Crippen molar-refractivity contribution in [3.05, 3.63) is 74.5 Å². The summed E-state index contributed by atoms with van der Waals surface area (Å²) < 4.78 is 1.47. The number of hydrogen-bond donors (Lipinski definition) is 1. The van der Waals surface area contributed by atoms with Gasteiger partial charge in [-0.2, -0.15) is 0 Å². The Labute approximate surface area is 171 Å². The molecule has 1 N–H and O–H groups in total. The Morgan fingerprint density at radius 3 is 2.39 bits per heavy atom. The van der Waals surface area contributed by atoms with Gasteiger partial charge in [-0.25, -0.2) is 0 Å². The number of benzene rings is 2. The minimum Gasteiger partial charge on any atom is -0.332 e. The number of rotatable bonds is 4. The fraction of sp³-hybridized carbons (Fsp3) is 0.150. The summed E-state index contributed by atoms with van der Waals surface area (Å²) in [4.78, 5) is 38.7. The van der Waals surface area contributed by atoms with Gasteiger partial charge in [0.15, 0.2) is 0 Å². The third kappa shape index (κ3) is 3.88. The molecule has 1 heterocycles. The van der Waals surface area contributed by atoms with Gasteiger partial charge >= 0.3 is 0 Å². The van der Waals surface area contributed by atoms with E-state index < -0.39 is 11.8 Å². The van der Waals surface area contributed by atoms with Gasteiger partial charge in [-0.15, -0.1) is 0 Å². The predicted molar refractivity (Wildman–Crippen MR) is 111 cm³/mol. The summed E-state index contributed by atoms with van der Waals surface area (Å²) in [6.07, 6.45) is 0. The summed E-state index contributed by atoms with van der Waals surface area (Å²) in [7, 11) is 3.13. The Kier molecular flexibility index (Phi) is 5.72. The molecule has 0 bridgehead atoms. The molecule has 144 valence electrons. The van der Waals surface area contributed by atoms with Gasteiger partial charge in [0.1, 0.15) is 0 Å². The standard InChI is InChI=1S/C20H17Cl2N3O3/c1-24(11-17(26)23-19-14(21)7-5-8-15(19)22)20(28)13-10-18(27)25(2)16-9-4-3-6-12(13)16/h3-10H,11H2,1-2H3,(H,23,26). The molecule has 0 fully saturated rings. The number of fused-ring (bicyclic) bond motifs is 1.